The van der Waals surface area contributed by atoms with Gasteiger partial charge in [0, 0.05) is 35.4 Å². The highest BCUT2D eigenvalue weighted by molar-refractivity contribution is 6.08. The van der Waals surface area contributed by atoms with E-state index in [1.54, 1.807) is 0 Å². The van der Waals surface area contributed by atoms with Crippen LogP contribution in [0, 0.1) is 0 Å². The number of unbranched alkanes of at least 4 members (excludes halogenated alkanes) is 1. The molecule has 0 radical (unpaired) electrons. The fourth-order valence-electron chi connectivity index (χ4n) is 5.05. The average Bonchev–Trinajstić information content (AvgIpc) is 3.34. The third kappa shape index (κ3) is 5.86. The number of rotatable bonds is 10. The number of carbonyl (C=O) groups is 1. The molecule has 1 aliphatic rings. The van der Waals surface area contributed by atoms with E-state index in [-0.39, 0.29) is 5.91 Å². The lowest BCUT2D eigenvalue weighted by Gasteiger charge is -2.23. The molecular formula is C32H38N4O2. The van der Waals surface area contributed by atoms with Crippen molar-refractivity contribution in [3.63, 3.8) is 0 Å². The van der Waals surface area contributed by atoms with Gasteiger partial charge in [0.15, 0.2) is 0 Å². The molecule has 0 bridgehead atoms. The van der Waals surface area contributed by atoms with Crippen LogP contribution in [0.1, 0.15) is 49.9 Å². The SMILES string of the molecule is CCCNCCCCOc1cc(C(=O)N2CC[C@H](C)Nc3ccccc32)ccc1-c1ccc2[nH]ccc2c1. The second-order valence-electron chi connectivity index (χ2n) is 10.1. The molecule has 3 N–H and O–H groups in total. The molecule has 198 valence electrons. The van der Waals surface area contributed by atoms with Crippen molar-refractivity contribution in [2.45, 2.75) is 45.6 Å². The Balaban J connectivity index is 1.42. The van der Waals surface area contributed by atoms with Gasteiger partial charge in [0.05, 0.1) is 18.0 Å². The number of carbonyl (C=O) groups excluding carboxylic acids is 1. The van der Waals surface area contributed by atoms with E-state index >= 15 is 0 Å². The van der Waals surface area contributed by atoms with Gasteiger partial charge in [-0.1, -0.05) is 25.1 Å². The van der Waals surface area contributed by atoms with Crippen molar-refractivity contribution in [2.24, 2.45) is 0 Å². The van der Waals surface area contributed by atoms with E-state index < -0.39 is 0 Å². The highest BCUT2D eigenvalue weighted by Crippen LogP contribution is 2.35. The molecule has 0 unspecified atom stereocenters. The van der Waals surface area contributed by atoms with Crippen molar-refractivity contribution in [1.82, 2.24) is 10.3 Å². The van der Waals surface area contributed by atoms with Crippen molar-refractivity contribution in [3.05, 3.63) is 78.5 Å². The predicted molar refractivity (Wildman–Crippen MR) is 157 cm³/mol. The monoisotopic (exact) mass is 510 g/mol. The van der Waals surface area contributed by atoms with Crippen LogP contribution in [0.2, 0.25) is 0 Å². The number of anilines is 2. The van der Waals surface area contributed by atoms with Crippen LogP contribution in [0.15, 0.2) is 72.9 Å². The third-order valence-corrected chi connectivity index (χ3v) is 7.15. The molecule has 0 saturated carbocycles. The Hall–Kier alpha value is -3.77. The van der Waals surface area contributed by atoms with Crippen molar-refractivity contribution in [1.29, 1.82) is 0 Å². The second-order valence-corrected chi connectivity index (χ2v) is 10.1. The lowest BCUT2D eigenvalue weighted by atomic mass is 10.0. The van der Waals surface area contributed by atoms with Crippen molar-refractivity contribution < 1.29 is 9.53 Å². The van der Waals surface area contributed by atoms with E-state index in [0.29, 0.717) is 24.8 Å². The van der Waals surface area contributed by atoms with E-state index in [1.165, 1.54) is 0 Å². The van der Waals surface area contributed by atoms with Gasteiger partial charge in [-0.25, -0.2) is 0 Å². The first-order chi connectivity index (χ1) is 18.6. The molecule has 3 aromatic carbocycles. The molecule has 6 nitrogen and oxygen atoms in total. The molecule has 6 heteroatoms. The number of nitrogens with one attached hydrogen (secondary N) is 3. The van der Waals surface area contributed by atoms with Crippen LogP contribution in [-0.4, -0.2) is 43.2 Å². The van der Waals surface area contributed by atoms with Gasteiger partial charge in [0.2, 0.25) is 0 Å². The Morgan fingerprint density at radius 3 is 2.84 bits per heavy atom. The minimum Gasteiger partial charge on any atom is -0.493 e. The molecule has 1 atom stereocenters. The maximum absolute atomic E-state index is 13.9. The maximum atomic E-state index is 13.9. The summed E-state index contributed by atoms with van der Waals surface area (Å²) in [5.41, 5.74) is 5.74. The summed E-state index contributed by atoms with van der Waals surface area (Å²) in [5.74, 6) is 0.747. The number of ether oxygens (including phenoxy) is 1. The van der Waals surface area contributed by atoms with Gasteiger partial charge in [-0.2, -0.15) is 0 Å². The molecule has 0 spiro atoms. The number of nitrogens with zero attached hydrogens (tertiary/aromatic N) is 1. The summed E-state index contributed by atoms with van der Waals surface area (Å²) < 4.78 is 6.36. The Morgan fingerprint density at radius 2 is 1.95 bits per heavy atom. The summed E-state index contributed by atoms with van der Waals surface area (Å²) >= 11 is 0. The number of hydrogen-bond acceptors (Lipinski definition) is 4. The molecule has 0 aliphatic carbocycles. The first-order valence-corrected chi connectivity index (χ1v) is 13.9. The van der Waals surface area contributed by atoms with Crippen LogP contribution < -0.4 is 20.3 Å². The van der Waals surface area contributed by atoms with Gasteiger partial charge < -0.3 is 25.3 Å². The van der Waals surface area contributed by atoms with Gasteiger partial charge in [0.1, 0.15) is 5.75 Å². The normalized spacial score (nSPS) is 15.1. The van der Waals surface area contributed by atoms with Gasteiger partial charge in [0.25, 0.3) is 5.91 Å². The Bertz CT molecular complexity index is 1380. The molecule has 0 fully saturated rings. The van der Waals surface area contributed by atoms with Crippen molar-refractivity contribution in [2.75, 3.05) is 36.5 Å². The van der Waals surface area contributed by atoms with E-state index in [2.05, 4.69) is 53.7 Å². The number of aromatic nitrogens is 1. The lowest BCUT2D eigenvalue weighted by molar-refractivity contribution is 0.0986. The Labute approximate surface area is 225 Å². The number of hydrogen-bond donors (Lipinski definition) is 3. The minimum atomic E-state index is -0.00500. The molecule has 4 aromatic rings. The Kier molecular flexibility index (Phi) is 8.29. The molecule has 38 heavy (non-hydrogen) atoms. The summed E-state index contributed by atoms with van der Waals surface area (Å²) in [6, 6.07) is 22.7. The van der Waals surface area contributed by atoms with E-state index in [1.807, 2.05) is 53.6 Å². The van der Waals surface area contributed by atoms with Crippen LogP contribution >= 0.6 is 0 Å². The number of fused-ring (bicyclic) bond motifs is 2. The van der Waals surface area contributed by atoms with Crippen molar-refractivity contribution in [3.8, 4) is 16.9 Å². The fourth-order valence-corrected chi connectivity index (χ4v) is 5.05. The number of amides is 1. The molecule has 1 aliphatic heterocycles. The number of aromatic amines is 1. The highest BCUT2D eigenvalue weighted by atomic mass is 16.5. The maximum Gasteiger partial charge on any atom is 0.258 e. The van der Waals surface area contributed by atoms with E-state index in [0.717, 1.165) is 77.9 Å². The summed E-state index contributed by atoms with van der Waals surface area (Å²) in [6.45, 7) is 7.65. The molecule has 5 rings (SSSR count). The van der Waals surface area contributed by atoms with Gasteiger partial charge >= 0.3 is 0 Å². The largest absolute Gasteiger partial charge is 0.493 e. The zero-order valence-corrected chi connectivity index (χ0v) is 22.4. The van der Waals surface area contributed by atoms with Gasteiger partial charge in [-0.15, -0.1) is 0 Å². The average molecular weight is 511 g/mol. The Morgan fingerprint density at radius 1 is 1.05 bits per heavy atom. The van der Waals surface area contributed by atoms with Gasteiger partial charge in [-0.3, -0.25) is 4.79 Å². The van der Waals surface area contributed by atoms with E-state index in [9.17, 15) is 4.79 Å². The standard InChI is InChI=1S/C32H38N4O2/c1-3-16-33-17-6-7-20-38-31-22-26(10-12-27(31)24-11-13-28-25(21-24)14-18-34-28)32(37)36-19-15-23(2)35-29-8-4-5-9-30(29)36/h4-5,8-14,18,21-23,33-35H,3,6-7,15-17,19-20H2,1-2H3/t23-/m0/s1. The summed E-state index contributed by atoms with van der Waals surface area (Å²) in [7, 11) is 0. The number of H-pyrrole nitrogens is 1. The lowest BCUT2D eigenvalue weighted by Crippen LogP contribution is -2.32. The molecule has 0 saturated heterocycles. The first-order valence-electron chi connectivity index (χ1n) is 13.9. The van der Waals surface area contributed by atoms with Crippen molar-refractivity contribution >= 4 is 28.2 Å². The first kappa shape index (κ1) is 25.9. The minimum absolute atomic E-state index is 0.00500. The molecule has 1 aromatic heterocycles. The van der Waals surface area contributed by atoms with Crippen LogP contribution in [0.25, 0.3) is 22.0 Å². The van der Waals surface area contributed by atoms with E-state index in [4.69, 9.17) is 4.74 Å². The van der Waals surface area contributed by atoms with Crippen LogP contribution in [0.4, 0.5) is 11.4 Å². The smallest absolute Gasteiger partial charge is 0.258 e. The topological polar surface area (TPSA) is 69.4 Å². The zero-order chi connectivity index (χ0) is 26.3. The molecular weight excluding hydrogens is 472 g/mol. The van der Waals surface area contributed by atoms with Crippen LogP contribution in [0.5, 0.6) is 5.75 Å². The van der Waals surface area contributed by atoms with Crippen LogP contribution in [0.3, 0.4) is 0 Å². The summed E-state index contributed by atoms with van der Waals surface area (Å²) in [6.07, 6.45) is 5.98. The zero-order valence-electron chi connectivity index (χ0n) is 22.4. The quantitative estimate of drug-likeness (QED) is 0.204. The van der Waals surface area contributed by atoms with Crippen LogP contribution in [-0.2, 0) is 0 Å². The summed E-state index contributed by atoms with van der Waals surface area (Å²) in [5, 5.41) is 8.14. The summed E-state index contributed by atoms with van der Waals surface area (Å²) in [4.78, 5) is 19.0. The predicted octanol–water partition coefficient (Wildman–Crippen LogP) is 6.84. The second kappa shape index (κ2) is 12.2. The molecule has 2 heterocycles. The third-order valence-electron chi connectivity index (χ3n) is 7.15. The fraction of sp³-hybridized carbons (Fsp3) is 0.344. The number of benzene rings is 3. The highest BCUT2D eigenvalue weighted by Gasteiger charge is 2.25. The van der Waals surface area contributed by atoms with Gasteiger partial charge in [-0.05, 0) is 105 Å². The molecule has 1 amide bonds. The number of para-hydroxylation sites is 2.